The van der Waals surface area contributed by atoms with Gasteiger partial charge in [-0.25, -0.2) is 4.79 Å². The maximum absolute atomic E-state index is 13.1. The lowest BCUT2D eigenvalue weighted by Crippen LogP contribution is -2.72. The third kappa shape index (κ3) is 3.36. The van der Waals surface area contributed by atoms with E-state index in [0.29, 0.717) is 32.5 Å². The zero-order valence-corrected chi connectivity index (χ0v) is 17.9. The number of urea groups is 1. The van der Waals surface area contributed by atoms with E-state index in [1.165, 1.54) is 4.90 Å². The number of nitriles is 1. The molecule has 4 amide bonds. The molecule has 4 N–H and O–H groups in total. The Morgan fingerprint density at radius 2 is 1.81 bits per heavy atom. The molecular weight excluding hydrogens is 400 g/mol. The van der Waals surface area contributed by atoms with Gasteiger partial charge in [0.1, 0.15) is 11.4 Å². The molecule has 4 rings (SSSR count). The normalized spacial score (nSPS) is 25.9. The van der Waals surface area contributed by atoms with E-state index in [0.717, 1.165) is 37.3 Å². The second-order valence-corrected chi connectivity index (χ2v) is 9.32. The molecule has 10 heteroatoms. The van der Waals surface area contributed by atoms with Crippen molar-refractivity contribution in [2.75, 3.05) is 32.8 Å². The minimum Gasteiger partial charge on any atom is -0.385 e. The Morgan fingerprint density at radius 3 is 2.29 bits per heavy atom. The highest BCUT2D eigenvalue weighted by Gasteiger charge is 2.57. The quantitative estimate of drug-likeness (QED) is 0.466. The number of ether oxygens (including phenoxy) is 1. The summed E-state index contributed by atoms with van der Waals surface area (Å²) in [7, 11) is 0. The number of imide groups is 2. The van der Waals surface area contributed by atoms with Crippen molar-refractivity contribution >= 4 is 17.8 Å². The molecule has 0 atom stereocenters. The fraction of sp³-hybridized carbons (Fsp3) is 0.714. The number of nitrogens with zero attached hydrogens (tertiary/aromatic N) is 4. The second-order valence-electron chi connectivity index (χ2n) is 9.32. The van der Waals surface area contributed by atoms with Crippen LogP contribution < -0.4 is 11.5 Å². The lowest BCUT2D eigenvalue weighted by Gasteiger charge is -2.60. The predicted molar refractivity (Wildman–Crippen MR) is 110 cm³/mol. The van der Waals surface area contributed by atoms with E-state index in [9.17, 15) is 19.6 Å². The second kappa shape index (κ2) is 7.80. The van der Waals surface area contributed by atoms with Gasteiger partial charge in [0.05, 0.1) is 19.3 Å². The monoisotopic (exact) mass is 430 g/mol. The first-order valence-corrected chi connectivity index (χ1v) is 11.0. The van der Waals surface area contributed by atoms with Crippen molar-refractivity contribution in [2.45, 2.75) is 57.0 Å². The van der Waals surface area contributed by atoms with Crippen LogP contribution in [0.5, 0.6) is 0 Å². The first kappa shape index (κ1) is 21.6. The van der Waals surface area contributed by atoms with Gasteiger partial charge in [-0.15, -0.1) is 0 Å². The molecule has 0 aromatic rings. The molecule has 0 radical (unpaired) electrons. The summed E-state index contributed by atoms with van der Waals surface area (Å²) in [5, 5.41) is 9.50. The number of amides is 4. The Bertz CT molecular complexity index is 854. The number of barbiturate groups is 1. The van der Waals surface area contributed by atoms with E-state index in [-0.39, 0.29) is 29.4 Å². The van der Waals surface area contributed by atoms with Crippen molar-refractivity contribution in [1.82, 2.24) is 14.7 Å². The van der Waals surface area contributed by atoms with Crippen molar-refractivity contribution in [2.24, 2.45) is 16.9 Å². The first-order valence-electron chi connectivity index (χ1n) is 11.0. The zero-order chi connectivity index (χ0) is 22.4. The van der Waals surface area contributed by atoms with E-state index in [1.807, 2.05) is 6.92 Å². The predicted octanol–water partition coefficient (Wildman–Crippen LogP) is 0.243. The van der Waals surface area contributed by atoms with E-state index in [1.54, 1.807) is 0 Å². The van der Waals surface area contributed by atoms with Gasteiger partial charge < -0.3 is 16.2 Å². The summed E-state index contributed by atoms with van der Waals surface area (Å²) in [4.78, 5) is 43.2. The summed E-state index contributed by atoms with van der Waals surface area (Å²) in [6.45, 7) is 4.77. The highest BCUT2D eigenvalue weighted by Crippen LogP contribution is 2.48. The van der Waals surface area contributed by atoms with Gasteiger partial charge in [-0.1, -0.05) is 13.3 Å². The van der Waals surface area contributed by atoms with E-state index >= 15 is 0 Å². The highest BCUT2D eigenvalue weighted by molar-refractivity contribution is 6.29. The number of unbranched alkanes of at least 4 members (excludes halogenated alkanes) is 1. The van der Waals surface area contributed by atoms with Gasteiger partial charge >= 0.3 is 6.03 Å². The van der Waals surface area contributed by atoms with Crippen LogP contribution in [0, 0.1) is 16.7 Å². The van der Waals surface area contributed by atoms with Gasteiger partial charge in [0, 0.05) is 25.7 Å². The highest BCUT2D eigenvalue weighted by atomic mass is 16.5. The van der Waals surface area contributed by atoms with Crippen LogP contribution in [0.25, 0.3) is 0 Å². The third-order valence-electron chi connectivity index (χ3n) is 7.28. The number of carbonyl (C=O) groups is 3. The number of hydrogen-bond donors (Lipinski definition) is 2. The summed E-state index contributed by atoms with van der Waals surface area (Å²) < 4.78 is 5.25. The smallest absolute Gasteiger partial charge is 0.334 e. The maximum Gasteiger partial charge on any atom is 0.334 e. The Kier molecular flexibility index (Phi) is 5.43. The molecule has 0 aromatic carbocycles. The maximum atomic E-state index is 13.1. The minimum absolute atomic E-state index is 0.112. The summed E-state index contributed by atoms with van der Waals surface area (Å²) in [6.07, 6.45) is 4.48. The molecule has 1 saturated carbocycles. The number of likely N-dealkylation sites (tertiary alicyclic amines) is 1. The largest absolute Gasteiger partial charge is 0.385 e. The fourth-order valence-electron chi connectivity index (χ4n) is 5.20. The van der Waals surface area contributed by atoms with Crippen molar-refractivity contribution in [3.63, 3.8) is 0 Å². The molecule has 4 fully saturated rings. The van der Waals surface area contributed by atoms with Gasteiger partial charge in [-0.05, 0) is 37.5 Å². The van der Waals surface area contributed by atoms with Crippen molar-refractivity contribution in [3.8, 4) is 6.07 Å². The Balaban J connectivity index is 1.45. The third-order valence-corrected chi connectivity index (χ3v) is 7.28. The van der Waals surface area contributed by atoms with Crippen LogP contribution in [-0.2, 0) is 14.3 Å². The topological polar surface area (TPSA) is 146 Å². The van der Waals surface area contributed by atoms with Crippen LogP contribution in [0.2, 0.25) is 0 Å². The average molecular weight is 431 g/mol. The molecule has 3 heterocycles. The van der Waals surface area contributed by atoms with Crippen molar-refractivity contribution in [3.05, 3.63) is 11.4 Å². The van der Waals surface area contributed by atoms with Gasteiger partial charge in [0.15, 0.2) is 5.54 Å². The lowest BCUT2D eigenvalue weighted by atomic mass is 9.65. The van der Waals surface area contributed by atoms with Crippen molar-refractivity contribution < 1.29 is 19.1 Å². The molecule has 1 spiro atoms. The number of carbonyl (C=O) groups excluding carboxylic acids is 3. The number of hydrogen-bond acceptors (Lipinski definition) is 8. The molecule has 0 unspecified atom stereocenters. The van der Waals surface area contributed by atoms with Crippen LogP contribution in [0.15, 0.2) is 11.4 Å². The van der Waals surface area contributed by atoms with Crippen LogP contribution in [-0.4, -0.2) is 77.0 Å². The number of nitrogens with two attached hydrogens (primary N) is 2. The molecule has 1 aliphatic carbocycles. The molecule has 0 aromatic heterocycles. The molecule has 3 saturated heterocycles. The summed E-state index contributed by atoms with van der Waals surface area (Å²) in [6, 6.07) is 1.53. The van der Waals surface area contributed by atoms with E-state index in [4.69, 9.17) is 16.2 Å². The average Bonchev–Trinajstić information content (AvgIpc) is 2.67. The van der Waals surface area contributed by atoms with Gasteiger partial charge in [-0.2, -0.15) is 5.26 Å². The van der Waals surface area contributed by atoms with Crippen LogP contribution in [0.3, 0.4) is 0 Å². The van der Waals surface area contributed by atoms with Gasteiger partial charge in [0.25, 0.3) is 11.8 Å². The van der Waals surface area contributed by atoms with Crippen LogP contribution >= 0.6 is 0 Å². The Hall–Kier alpha value is -2.64. The summed E-state index contributed by atoms with van der Waals surface area (Å²) in [5.74, 6) is -1.74. The Labute approximate surface area is 181 Å². The van der Waals surface area contributed by atoms with Crippen LogP contribution in [0.4, 0.5) is 4.79 Å². The zero-order valence-electron chi connectivity index (χ0n) is 17.9. The lowest BCUT2D eigenvalue weighted by molar-refractivity contribution is -0.176. The molecule has 168 valence electrons. The summed E-state index contributed by atoms with van der Waals surface area (Å²) in [5.41, 5.74) is 10.6. The van der Waals surface area contributed by atoms with Crippen LogP contribution in [0.1, 0.15) is 45.4 Å². The summed E-state index contributed by atoms with van der Waals surface area (Å²) >= 11 is 0. The van der Waals surface area contributed by atoms with E-state index < -0.39 is 23.4 Å². The number of rotatable bonds is 5. The molecule has 0 bridgehead atoms. The fourth-order valence-corrected chi connectivity index (χ4v) is 5.20. The first-order chi connectivity index (χ1) is 14.8. The SMILES string of the molecule is CCCCN1C(=O)C(=C(N)N)C(=O)N(C2CCC3(CC2)CN(C2(C#N)COC2)C3)C1=O. The minimum atomic E-state index is -0.703. The Morgan fingerprint density at radius 1 is 1.16 bits per heavy atom. The molecule has 3 aliphatic heterocycles. The molecule has 4 aliphatic rings. The van der Waals surface area contributed by atoms with Gasteiger partial charge in [0.2, 0.25) is 0 Å². The molecule has 31 heavy (non-hydrogen) atoms. The molecular formula is C21H30N6O4. The van der Waals surface area contributed by atoms with Crippen molar-refractivity contribution in [1.29, 1.82) is 5.26 Å². The molecule has 10 nitrogen and oxygen atoms in total. The standard InChI is InChI=1S/C21H30N6O4/c1-2-3-8-26-17(28)15(16(23)24)18(29)27(19(26)30)14-4-6-20(7-5-14)10-25(11-20)21(9-22)12-31-13-21/h14H,2-8,10-13,23-24H2,1H3. The van der Waals surface area contributed by atoms with E-state index in [2.05, 4.69) is 11.0 Å². The van der Waals surface area contributed by atoms with Gasteiger partial charge in [-0.3, -0.25) is 24.3 Å².